The number of carbonyl (C=O) groups excluding carboxylic acids is 1. The molecular weight excluding hydrogens is 290 g/mol. The summed E-state index contributed by atoms with van der Waals surface area (Å²) >= 11 is 0. The molecule has 1 aromatic carbocycles. The maximum atomic E-state index is 12.1. The molecule has 0 aromatic heterocycles. The molecule has 1 aliphatic rings. The zero-order chi connectivity index (χ0) is 15.5. The Hall–Kier alpha value is -1.60. The Morgan fingerprint density at radius 3 is 2.38 bits per heavy atom. The minimum Gasteiger partial charge on any atom is -0.326 e. The van der Waals surface area contributed by atoms with Crippen LogP contribution in [0.25, 0.3) is 0 Å². The zero-order valence-corrected chi connectivity index (χ0v) is 13.0. The fourth-order valence-electron chi connectivity index (χ4n) is 2.27. The third-order valence-corrected chi connectivity index (χ3v) is 4.97. The van der Waals surface area contributed by atoms with Gasteiger partial charge in [0.2, 0.25) is 15.9 Å². The molecule has 2 unspecified atom stereocenters. The average Bonchev–Trinajstić information content (AvgIpc) is 2.87. The van der Waals surface area contributed by atoms with Crippen molar-refractivity contribution in [2.75, 3.05) is 28.9 Å². The van der Waals surface area contributed by atoms with E-state index in [-0.39, 0.29) is 17.6 Å². The van der Waals surface area contributed by atoms with Crippen LogP contribution >= 0.6 is 0 Å². The first-order valence-electron chi connectivity index (χ1n) is 7.03. The van der Waals surface area contributed by atoms with E-state index in [0.717, 1.165) is 6.54 Å². The summed E-state index contributed by atoms with van der Waals surface area (Å²) in [5.41, 5.74) is 1.16. The molecule has 1 aromatic rings. The molecule has 0 saturated carbocycles. The van der Waals surface area contributed by atoms with Gasteiger partial charge in [0.25, 0.3) is 0 Å². The van der Waals surface area contributed by atoms with Gasteiger partial charge in [0.15, 0.2) is 0 Å². The highest BCUT2D eigenvalue weighted by Gasteiger charge is 2.29. The van der Waals surface area contributed by atoms with E-state index in [4.69, 9.17) is 0 Å². The van der Waals surface area contributed by atoms with Crippen LogP contribution in [0, 0.1) is 11.8 Å². The standard InChI is InChI=1S/C14H21N3O3S/c1-3-21(19,20)17-12-6-4-11(5-7-12)16-14(18)13-9-15-8-10(13)2/h4-7,10,13,15,17H,3,8-9H2,1-2H3,(H,16,18). The molecule has 1 saturated heterocycles. The second-order valence-electron chi connectivity index (χ2n) is 5.31. The van der Waals surface area contributed by atoms with Crippen LogP contribution in [0.1, 0.15) is 13.8 Å². The molecule has 1 heterocycles. The van der Waals surface area contributed by atoms with E-state index >= 15 is 0 Å². The van der Waals surface area contributed by atoms with E-state index in [1.54, 1.807) is 31.2 Å². The number of rotatable bonds is 5. The van der Waals surface area contributed by atoms with Crippen molar-refractivity contribution in [2.45, 2.75) is 13.8 Å². The summed E-state index contributed by atoms with van der Waals surface area (Å²) in [6, 6.07) is 6.66. The molecule has 0 aliphatic carbocycles. The fraction of sp³-hybridized carbons (Fsp3) is 0.500. The van der Waals surface area contributed by atoms with Crippen LogP contribution in [0.2, 0.25) is 0 Å². The van der Waals surface area contributed by atoms with Crippen molar-refractivity contribution in [3.63, 3.8) is 0 Å². The predicted octanol–water partition coefficient (Wildman–Crippen LogP) is 1.24. The highest BCUT2D eigenvalue weighted by molar-refractivity contribution is 7.92. The third kappa shape index (κ3) is 4.18. The Labute approximate surface area is 125 Å². The number of nitrogens with one attached hydrogen (secondary N) is 3. The molecule has 3 N–H and O–H groups in total. The maximum absolute atomic E-state index is 12.1. The SMILES string of the molecule is CCS(=O)(=O)Nc1ccc(NC(=O)C2CNCC2C)cc1. The van der Waals surface area contributed by atoms with E-state index in [1.807, 2.05) is 6.92 Å². The number of anilines is 2. The zero-order valence-electron chi connectivity index (χ0n) is 12.2. The molecule has 1 aliphatic heterocycles. The lowest BCUT2D eigenvalue weighted by atomic mass is 9.97. The van der Waals surface area contributed by atoms with Crippen molar-refractivity contribution >= 4 is 27.3 Å². The number of sulfonamides is 1. The lowest BCUT2D eigenvalue weighted by molar-refractivity contribution is -0.120. The number of hydrogen-bond acceptors (Lipinski definition) is 4. The van der Waals surface area contributed by atoms with Gasteiger partial charge in [-0.3, -0.25) is 9.52 Å². The molecule has 2 atom stereocenters. The lowest BCUT2D eigenvalue weighted by Crippen LogP contribution is -2.27. The molecule has 7 heteroatoms. The van der Waals surface area contributed by atoms with Crippen LogP contribution in [-0.4, -0.2) is 33.2 Å². The van der Waals surface area contributed by atoms with Gasteiger partial charge in [-0.1, -0.05) is 6.92 Å². The van der Waals surface area contributed by atoms with E-state index in [1.165, 1.54) is 0 Å². The topological polar surface area (TPSA) is 87.3 Å². The van der Waals surface area contributed by atoms with Gasteiger partial charge < -0.3 is 10.6 Å². The predicted molar refractivity (Wildman–Crippen MR) is 83.7 cm³/mol. The molecule has 6 nitrogen and oxygen atoms in total. The van der Waals surface area contributed by atoms with Crippen LogP contribution in [0.5, 0.6) is 0 Å². The van der Waals surface area contributed by atoms with Crippen LogP contribution in [0.4, 0.5) is 11.4 Å². The minimum atomic E-state index is -3.27. The van der Waals surface area contributed by atoms with Gasteiger partial charge in [0.05, 0.1) is 11.7 Å². The number of hydrogen-bond donors (Lipinski definition) is 3. The Balaban J connectivity index is 1.98. The van der Waals surface area contributed by atoms with Gasteiger partial charge in [-0.2, -0.15) is 0 Å². The molecule has 0 radical (unpaired) electrons. The second-order valence-corrected chi connectivity index (χ2v) is 7.33. The minimum absolute atomic E-state index is 0.00520. The first kappa shape index (κ1) is 15.8. The van der Waals surface area contributed by atoms with Gasteiger partial charge in [-0.05, 0) is 43.7 Å². The monoisotopic (exact) mass is 311 g/mol. The first-order chi connectivity index (χ1) is 9.91. The molecule has 0 spiro atoms. The van der Waals surface area contributed by atoms with Crippen LogP contribution in [-0.2, 0) is 14.8 Å². The highest BCUT2D eigenvalue weighted by Crippen LogP contribution is 2.20. The van der Waals surface area contributed by atoms with Crippen molar-refractivity contribution in [1.82, 2.24) is 5.32 Å². The van der Waals surface area contributed by atoms with Crippen molar-refractivity contribution in [3.8, 4) is 0 Å². The van der Waals surface area contributed by atoms with Crippen molar-refractivity contribution in [2.24, 2.45) is 11.8 Å². The summed E-state index contributed by atoms with van der Waals surface area (Å²) in [6.07, 6.45) is 0. The number of amides is 1. The quantitative estimate of drug-likeness (QED) is 0.763. The third-order valence-electron chi connectivity index (χ3n) is 3.66. The summed E-state index contributed by atoms with van der Waals surface area (Å²) in [6.45, 7) is 5.18. The number of carbonyl (C=O) groups is 1. The number of benzene rings is 1. The first-order valence-corrected chi connectivity index (χ1v) is 8.68. The Bertz CT molecular complexity index is 598. The molecular formula is C14H21N3O3S. The van der Waals surface area contributed by atoms with E-state index < -0.39 is 10.0 Å². The molecule has 1 fully saturated rings. The Morgan fingerprint density at radius 2 is 1.86 bits per heavy atom. The van der Waals surface area contributed by atoms with Crippen molar-refractivity contribution in [3.05, 3.63) is 24.3 Å². The van der Waals surface area contributed by atoms with Gasteiger partial charge in [-0.15, -0.1) is 0 Å². The largest absolute Gasteiger partial charge is 0.326 e. The lowest BCUT2D eigenvalue weighted by Gasteiger charge is -2.14. The average molecular weight is 311 g/mol. The van der Waals surface area contributed by atoms with Gasteiger partial charge in [0, 0.05) is 17.9 Å². The van der Waals surface area contributed by atoms with E-state index in [9.17, 15) is 13.2 Å². The Kier molecular flexibility index (Phi) is 4.84. The van der Waals surface area contributed by atoms with E-state index in [2.05, 4.69) is 15.4 Å². The molecule has 116 valence electrons. The van der Waals surface area contributed by atoms with E-state index in [0.29, 0.717) is 23.8 Å². The second kappa shape index (κ2) is 6.44. The van der Waals surface area contributed by atoms with Gasteiger partial charge >= 0.3 is 0 Å². The molecule has 21 heavy (non-hydrogen) atoms. The van der Waals surface area contributed by atoms with Crippen LogP contribution < -0.4 is 15.4 Å². The van der Waals surface area contributed by atoms with Crippen LogP contribution in [0.3, 0.4) is 0 Å². The smallest absolute Gasteiger partial charge is 0.232 e. The van der Waals surface area contributed by atoms with Gasteiger partial charge in [0.1, 0.15) is 0 Å². The highest BCUT2D eigenvalue weighted by atomic mass is 32.2. The summed E-state index contributed by atoms with van der Waals surface area (Å²) in [5, 5.41) is 6.05. The summed E-state index contributed by atoms with van der Waals surface area (Å²) in [5.74, 6) is 0.316. The van der Waals surface area contributed by atoms with Crippen LogP contribution in [0.15, 0.2) is 24.3 Å². The maximum Gasteiger partial charge on any atom is 0.232 e. The molecule has 2 rings (SSSR count). The fourth-order valence-corrected chi connectivity index (χ4v) is 2.91. The molecule has 0 bridgehead atoms. The molecule has 1 amide bonds. The summed E-state index contributed by atoms with van der Waals surface area (Å²) in [7, 11) is -3.27. The summed E-state index contributed by atoms with van der Waals surface area (Å²) in [4.78, 5) is 12.1. The normalized spacial score (nSPS) is 22.0. The van der Waals surface area contributed by atoms with Crippen molar-refractivity contribution < 1.29 is 13.2 Å². The summed E-state index contributed by atoms with van der Waals surface area (Å²) < 4.78 is 25.4. The van der Waals surface area contributed by atoms with Gasteiger partial charge in [-0.25, -0.2) is 8.42 Å². The van der Waals surface area contributed by atoms with Crippen molar-refractivity contribution in [1.29, 1.82) is 0 Å². The Morgan fingerprint density at radius 1 is 1.24 bits per heavy atom.